The van der Waals surface area contributed by atoms with Gasteiger partial charge in [-0.25, -0.2) is 5.43 Å². The van der Waals surface area contributed by atoms with E-state index in [-0.39, 0.29) is 6.04 Å². The van der Waals surface area contributed by atoms with Gasteiger partial charge in [0.25, 0.3) is 0 Å². The van der Waals surface area contributed by atoms with Crippen molar-refractivity contribution in [2.75, 3.05) is 42.4 Å². The minimum atomic E-state index is 0.243. The molecule has 0 fully saturated rings. The van der Waals surface area contributed by atoms with Crippen molar-refractivity contribution < 1.29 is 9.47 Å². The molecule has 1 atom stereocenters. The predicted octanol–water partition coefficient (Wildman–Crippen LogP) is 3.36. The van der Waals surface area contributed by atoms with Crippen LogP contribution in [-0.2, 0) is 6.54 Å². The van der Waals surface area contributed by atoms with Crippen LogP contribution in [-0.4, -0.2) is 36.8 Å². The molecule has 8 heteroatoms. The summed E-state index contributed by atoms with van der Waals surface area (Å²) < 4.78 is 11.0. The van der Waals surface area contributed by atoms with Gasteiger partial charge in [-0.05, 0) is 36.2 Å². The number of hydrazine groups is 1. The number of nitrogens with zero attached hydrogens (tertiary/aromatic N) is 3. The molecule has 0 bridgehead atoms. The average Bonchev–Trinajstić information content (AvgIpc) is 3.23. The van der Waals surface area contributed by atoms with E-state index in [1.54, 1.807) is 7.11 Å². The first-order chi connectivity index (χ1) is 15.3. The summed E-state index contributed by atoms with van der Waals surface area (Å²) in [4.78, 5) is 11.8. The van der Waals surface area contributed by atoms with Crippen molar-refractivity contribution in [2.24, 2.45) is 0 Å². The number of ether oxygens (including phenoxy) is 2. The van der Waals surface area contributed by atoms with E-state index in [0.717, 1.165) is 48.2 Å². The summed E-state index contributed by atoms with van der Waals surface area (Å²) in [6, 6.07) is 18.2. The van der Waals surface area contributed by atoms with E-state index in [1.165, 1.54) is 5.56 Å². The molecule has 0 amide bonds. The maximum absolute atomic E-state index is 5.76. The molecule has 3 N–H and O–H groups in total. The van der Waals surface area contributed by atoms with Crippen molar-refractivity contribution >= 4 is 17.6 Å². The van der Waals surface area contributed by atoms with Gasteiger partial charge in [-0.2, -0.15) is 9.97 Å². The average molecular weight is 419 g/mol. The molecule has 0 saturated heterocycles. The van der Waals surface area contributed by atoms with Crippen molar-refractivity contribution in [1.29, 1.82) is 0 Å². The lowest BCUT2D eigenvalue weighted by Gasteiger charge is -2.32. The Labute approximate surface area is 181 Å². The second-order valence-electron chi connectivity index (χ2n) is 7.60. The minimum Gasteiger partial charge on any atom is -0.497 e. The highest BCUT2D eigenvalue weighted by Gasteiger charge is 2.34. The summed E-state index contributed by atoms with van der Waals surface area (Å²) in [5.41, 5.74) is 8.92. The van der Waals surface area contributed by atoms with Gasteiger partial charge in [0.15, 0.2) is 5.82 Å². The molecule has 31 heavy (non-hydrogen) atoms. The van der Waals surface area contributed by atoms with Crippen molar-refractivity contribution in [1.82, 2.24) is 15.4 Å². The second kappa shape index (κ2) is 8.69. The summed E-state index contributed by atoms with van der Waals surface area (Å²) in [5, 5.41) is 3.30. The number of anilines is 3. The second-order valence-corrected chi connectivity index (χ2v) is 7.60. The molecule has 0 radical (unpaired) electrons. The van der Waals surface area contributed by atoms with Crippen molar-refractivity contribution in [3.63, 3.8) is 0 Å². The third-order valence-corrected chi connectivity index (χ3v) is 5.56. The van der Waals surface area contributed by atoms with Crippen LogP contribution < -0.4 is 30.5 Å². The maximum Gasteiger partial charge on any atom is 0.226 e. The van der Waals surface area contributed by atoms with Gasteiger partial charge in [0, 0.05) is 13.1 Å². The lowest BCUT2D eigenvalue weighted by Crippen LogP contribution is -2.34. The van der Waals surface area contributed by atoms with Gasteiger partial charge in [0.05, 0.1) is 25.3 Å². The Hall–Kier alpha value is -3.52. The third kappa shape index (κ3) is 4.20. The Kier molecular flexibility index (Phi) is 5.45. The summed E-state index contributed by atoms with van der Waals surface area (Å²) >= 11 is 0. The molecule has 3 aromatic rings. The van der Waals surface area contributed by atoms with E-state index in [2.05, 4.69) is 38.2 Å². The molecule has 0 aliphatic carbocycles. The SMILES string of the molecule is COc1ccc(CN2CCC3NNc4nc(NCCOc5ccccc5)nc2c43)cc1. The fraction of sp³-hybridized carbons (Fsp3) is 0.304. The van der Waals surface area contributed by atoms with Crippen molar-refractivity contribution in [3.8, 4) is 11.5 Å². The van der Waals surface area contributed by atoms with Crippen molar-refractivity contribution in [3.05, 3.63) is 65.7 Å². The van der Waals surface area contributed by atoms with Gasteiger partial charge >= 0.3 is 0 Å². The summed E-state index contributed by atoms with van der Waals surface area (Å²) in [5.74, 6) is 4.14. The van der Waals surface area contributed by atoms with Crippen LogP contribution in [0.3, 0.4) is 0 Å². The number of aromatic nitrogens is 2. The number of methoxy groups -OCH3 is 1. The zero-order valence-corrected chi connectivity index (χ0v) is 17.5. The van der Waals surface area contributed by atoms with Crippen LogP contribution in [0, 0.1) is 0 Å². The molecule has 3 heterocycles. The molecular formula is C23H26N6O2. The molecule has 1 aromatic heterocycles. The fourth-order valence-electron chi connectivity index (χ4n) is 3.98. The van der Waals surface area contributed by atoms with E-state index in [0.29, 0.717) is 19.1 Å². The van der Waals surface area contributed by atoms with E-state index < -0.39 is 0 Å². The standard InChI is InChI=1S/C23H26N6O2/c1-30-17-9-7-16(8-10-17)15-29-13-11-19-20-21(28-27-19)25-23(26-22(20)29)24-12-14-31-18-5-3-2-4-6-18/h2-10,19,27H,11-15H2,1H3,(H2,24,25,26,28). The van der Waals surface area contributed by atoms with Crippen LogP contribution in [0.5, 0.6) is 11.5 Å². The van der Waals surface area contributed by atoms with Gasteiger partial charge in [0.1, 0.15) is 23.9 Å². The molecule has 0 saturated carbocycles. The highest BCUT2D eigenvalue weighted by molar-refractivity contribution is 5.67. The molecule has 5 rings (SSSR count). The lowest BCUT2D eigenvalue weighted by molar-refractivity contribution is 0.332. The molecule has 1 unspecified atom stereocenters. The molecule has 0 spiro atoms. The molecule has 8 nitrogen and oxygen atoms in total. The van der Waals surface area contributed by atoms with Gasteiger partial charge in [-0.15, -0.1) is 0 Å². The van der Waals surface area contributed by atoms with Crippen molar-refractivity contribution in [2.45, 2.75) is 19.0 Å². The third-order valence-electron chi connectivity index (χ3n) is 5.56. The Morgan fingerprint density at radius 3 is 2.71 bits per heavy atom. The van der Waals surface area contributed by atoms with Crippen LogP contribution in [0.4, 0.5) is 17.6 Å². The predicted molar refractivity (Wildman–Crippen MR) is 121 cm³/mol. The Morgan fingerprint density at radius 2 is 1.90 bits per heavy atom. The molecule has 2 aromatic carbocycles. The van der Waals surface area contributed by atoms with E-state index in [4.69, 9.17) is 14.5 Å². The Morgan fingerprint density at radius 1 is 1.06 bits per heavy atom. The first-order valence-corrected chi connectivity index (χ1v) is 10.5. The van der Waals surface area contributed by atoms with Gasteiger partial charge < -0.3 is 25.1 Å². The summed E-state index contributed by atoms with van der Waals surface area (Å²) in [6.07, 6.45) is 1.00. The Bertz CT molecular complexity index is 1030. The lowest BCUT2D eigenvalue weighted by atomic mass is 10.0. The quantitative estimate of drug-likeness (QED) is 0.481. The molecule has 160 valence electrons. The zero-order chi connectivity index (χ0) is 21.0. The topological polar surface area (TPSA) is 83.6 Å². The van der Waals surface area contributed by atoms with Gasteiger partial charge in [-0.1, -0.05) is 30.3 Å². The largest absolute Gasteiger partial charge is 0.497 e. The highest BCUT2D eigenvalue weighted by atomic mass is 16.5. The number of hydrogen-bond acceptors (Lipinski definition) is 8. The van der Waals surface area contributed by atoms with Crippen LogP contribution in [0.15, 0.2) is 54.6 Å². The number of para-hydroxylation sites is 1. The van der Waals surface area contributed by atoms with Gasteiger partial charge in [0.2, 0.25) is 5.95 Å². The number of benzene rings is 2. The summed E-state index contributed by atoms with van der Waals surface area (Å²) in [7, 11) is 1.68. The van der Waals surface area contributed by atoms with Crippen LogP contribution in [0.25, 0.3) is 0 Å². The van der Waals surface area contributed by atoms with Gasteiger partial charge in [-0.3, -0.25) is 0 Å². The normalized spacial score (nSPS) is 16.4. The first kappa shape index (κ1) is 19.4. The molecule has 2 aliphatic rings. The first-order valence-electron chi connectivity index (χ1n) is 10.5. The van der Waals surface area contributed by atoms with Crippen LogP contribution in [0.2, 0.25) is 0 Å². The van der Waals surface area contributed by atoms with Crippen LogP contribution in [0.1, 0.15) is 23.6 Å². The maximum atomic E-state index is 5.76. The monoisotopic (exact) mass is 418 g/mol. The zero-order valence-electron chi connectivity index (χ0n) is 17.5. The smallest absolute Gasteiger partial charge is 0.226 e. The number of hydrogen-bond donors (Lipinski definition) is 3. The van der Waals surface area contributed by atoms with E-state index in [1.807, 2.05) is 42.5 Å². The molecular weight excluding hydrogens is 392 g/mol. The summed E-state index contributed by atoms with van der Waals surface area (Å²) in [6.45, 7) is 2.86. The number of nitrogens with one attached hydrogen (secondary N) is 3. The Balaban J connectivity index is 1.30. The van der Waals surface area contributed by atoms with E-state index >= 15 is 0 Å². The van der Waals surface area contributed by atoms with Crippen LogP contribution >= 0.6 is 0 Å². The number of rotatable bonds is 8. The minimum absolute atomic E-state index is 0.243. The fourth-order valence-corrected chi connectivity index (χ4v) is 3.98. The molecule has 2 aliphatic heterocycles. The highest BCUT2D eigenvalue weighted by Crippen LogP contribution is 2.41. The van der Waals surface area contributed by atoms with E-state index in [9.17, 15) is 0 Å².